The number of nitrogens with two attached hydrogens (primary N) is 1. The molecule has 108 valence electrons. The third-order valence-corrected chi connectivity index (χ3v) is 6.63. The van der Waals surface area contributed by atoms with Gasteiger partial charge in [0.25, 0.3) is 0 Å². The zero-order chi connectivity index (χ0) is 14.0. The van der Waals surface area contributed by atoms with Gasteiger partial charge in [-0.25, -0.2) is 8.42 Å². The van der Waals surface area contributed by atoms with E-state index in [1.165, 1.54) is 11.3 Å². The Morgan fingerprint density at radius 3 is 2.89 bits per heavy atom. The quantitative estimate of drug-likeness (QED) is 0.902. The molecule has 1 aliphatic heterocycles. The van der Waals surface area contributed by atoms with E-state index in [2.05, 4.69) is 4.90 Å². The summed E-state index contributed by atoms with van der Waals surface area (Å²) >= 11 is 1.41. The second kappa shape index (κ2) is 5.88. The van der Waals surface area contributed by atoms with Crippen LogP contribution in [-0.4, -0.2) is 50.3 Å². The monoisotopic (exact) mass is 303 g/mol. The fraction of sp³-hybridized carbons (Fsp3) is 0.667. The Labute approximate surface area is 119 Å². The van der Waals surface area contributed by atoms with E-state index in [0.29, 0.717) is 11.4 Å². The number of hydrogen-bond donors (Lipinski definition) is 1. The number of thiophene rings is 1. The second-order valence-electron chi connectivity index (χ2n) is 4.99. The molecule has 1 unspecified atom stereocenters. The number of sulfonamides is 1. The summed E-state index contributed by atoms with van der Waals surface area (Å²) in [7, 11) is -1.39. The summed E-state index contributed by atoms with van der Waals surface area (Å²) in [6.07, 6.45) is 0.863. The number of likely N-dealkylation sites (N-methyl/N-ethyl adjacent to an activating group) is 1. The Morgan fingerprint density at radius 2 is 2.21 bits per heavy atom. The summed E-state index contributed by atoms with van der Waals surface area (Å²) in [5.41, 5.74) is 5.63. The first-order chi connectivity index (χ1) is 8.96. The van der Waals surface area contributed by atoms with Crippen molar-refractivity contribution in [2.45, 2.75) is 30.8 Å². The van der Waals surface area contributed by atoms with Gasteiger partial charge in [0.1, 0.15) is 0 Å². The lowest BCUT2D eigenvalue weighted by atomic mass is 10.3. The molecule has 0 bridgehead atoms. The minimum atomic E-state index is -3.42. The fourth-order valence-electron chi connectivity index (χ4n) is 2.54. The molecule has 2 heterocycles. The van der Waals surface area contributed by atoms with E-state index in [4.69, 9.17) is 5.73 Å². The molecule has 1 aliphatic rings. The average Bonchev–Trinajstić information content (AvgIpc) is 2.76. The summed E-state index contributed by atoms with van der Waals surface area (Å²) in [5, 5.41) is 1.80. The van der Waals surface area contributed by atoms with Crippen LogP contribution in [0.15, 0.2) is 16.3 Å². The lowest BCUT2D eigenvalue weighted by molar-refractivity contribution is 0.290. The first-order valence-corrected chi connectivity index (χ1v) is 8.75. The van der Waals surface area contributed by atoms with Crippen LogP contribution in [-0.2, 0) is 16.6 Å². The van der Waals surface area contributed by atoms with Crippen molar-refractivity contribution in [1.29, 1.82) is 0 Å². The highest BCUT2D eigenvalue weighted by Crippen LogP contribution is 2.27. The van der Waals surface area contributed by atoms with Gasteiger partial charge in [-0.1, -0.05) is 0 Å². The van der Waals surface area contributed by atoms with Crippen LogP contribution in [0.5, 0.6) is 0 Å². The summed E-state index contributed by atoms with van der Waals surface area (Å²) in [6, 6.07) is 1.66. The first-order valence-electron chi connectivity index (χ1n) is 6.43. The van der Waals surface area contributed by atoms with Crippen molar-refractivity contribution in [1.82, 2.24) is 9.21 Å². The van der Waals surface area contributed by atoms with E-state index >= 15 is 0 Å². The van der Waals surface area contributed by atoms with E-state index in [1.807, 2.05) is 14.0 Å². The van der Waals surface area contributed by atoms with Gasteiger partial charge in [0.05, 0.1) is 4.90 Å². The lowest BCUT2D eigenvalue weighted by Gasteiger charge is -2.27. The Balaban J connectivity index is 2.33. The number of rotatable bonds is 3. The zero-order valence-electron chi connectivity index (χ0n) is 11.4. The molecule has 2 N–H and O–H groups in total. The summed E-state index contributed by atoms with van der Waals surface area (Å²) in [4.78, 5) is 3.30. The molecule has 0 radical (unpaired) electrons. The topological polar surface area (TPSA) is 66.6 Å². The molecule has 0 amide bonds. The maximum atomic E-state index is 12.8. The standard InChI is InChI=1S/C12H21N3O2S2/c1-10-9-14(2)5-3-6-15(10)19(16,17)12-4-7-18-11(12)8-13/h4,7,10H,3,5-6,8-9,13H2,1-2H3. The highest BCUT2D eigenvalue weighted by atomic mass is 32.2. The third-order valence-electron chi connectivity index (χ3n) is 3.46. The highest BCUT2D eigenvalue weighted by molar-refractivity contribution is 7.89. The van der Waals surface area contributed by atoms with E-state index in [-0.39, 0.29) is 12.6 Å². The van der Waals surface area contributed by atoms with Gasteiger partial charge in [0, 0.05) is 30.6 Å². The van der Waals surface area contributed by atoms with Crippen molar-refractivity contribution in [2.24, 2.45) is 5.73 Å². The van der Waals surface area contributed by atoms with Crippen molar-refractivity contribution < 1.29 is 8.42 Å². The van der Waals surface area contributed by atoms with Gasteiger partial charge in [-0.05, 0) is 38.4 Å². The molecule has 1 atom stereocenters. The lowest BCUT2D eigenvalue weighted by Crippen LogP contribution is -2.42. The van der Waals surface area contributed by atoms with Gasteiger partial charge >= 0.3 is 0 Å². The molecule has 0 spiro atoms. The Hall–Kier alpha value is -0.470. The van der Waals surface area contributed by atoms with Crippen molar-refractivity contribution in [3.8, 4) is 0 Å². The van der Waals surface area contributed by atoms with Crippen molar-refractivity contribution in [2.75, 3.05) is 26.7 Å². The zero-order valence-corrected chi connectivity index (χ0v) is 13.0. The highest BCUT2D eigenvalue weighted by Gasteiger charge is 2.32. The summed E-state index contributed by atoms with van der Waals surface area (Å²) < 4.78 is 27.1. The van der Waals surface area contributed by atoms with Crippen LogP contribution in [0.2, 0.25) is 0 Å². The van der Waals surface area contributed by atoms with Gasteiger partial charge < -0.3 is 10.6 Å². The molecule has 1 saturated heterocycles. The van der Waals surface area contributed by atoms with E-state index in [1.54, 1.807) is 15.8 Å². The van der Waals surface area contributed by atoms with E-state index < -0.39 is 10.0 Å². The van der Waals surface area contributed by atoms with Crippen molar-refractivity contribution in [3.63, 3.8) is 0 Å². The largest absolute Gasteiger partial charge is 0.326 e. The van der Waals surface area contributed by atoms with Gasteiger partial charge in [0.15, 0.2) is 0 Å². The molecule has 1 fully saturated rings. The normalized spacial score (nSPS) is 23.4. The van der Waals surface area contributed by atoms with Crippen LogP contribution >= 0.6 is 11.3 Å². The predicted octanol–water partition coefficient (Wildman–Crippen LogP) is 0.922. The molecule has 1 aromatic rings. The van der Waals surface area contributed by atoms with E-state index in [9.17, 15) is 8.42 Å². The maximum absolute atomic E-state index is 12.8. The maximum Gasteiger partial charge on any atom is 0.244 e. The predicted molar refractivity (Wildman–Crippen MR) is 77.7 cm³/mol. The molecule has 0 saturated carbocycles. The molecule has 0 aliphatic carbocycles. The number of nitrogens with zero attached hydrogens (tertiary/aromatic N) is 2. The van der Waals surface area contributed by atoms with Gasteiger partial charge in [-0.15, -0.1) is 11.3 Å². The first kappa shape index (κ1) is 14.9. The summed E-state index contributed by atoms with van der Waals surface area (Å²) in [5.74, 6) is 0. The van der Waals surface area contributed by atoms with Crippen LogP contribution in [0.25, 0.3) is 0 Å². The molecule has 1 aromatic heterocycles. The minimum absolute atomic E-state index is 0.0111. The molecular formula is C12H21N3O2S2. The van der Waals surface area contributed by atoms with Gasteiger partial charge in [0.2, 0.25) is 10.0 Å². The van der Waals surface area contributed by atoms with Crippen molar-refractivity contribution >= 4 is 21.4 Å². The molecular weight excluding hydrogens is 282 g/mol. The van der Waals surface area contributed by atoms with Crippen LogP contribution in [0.3, 0.4) is 0 Å². The average molecular weight is 303 g/mol. The third kappa shape index (κ3) is 3.00. The van der Waals surface area contributed by atoms with E-state index in [0.717, 1.165) is 24.4 Å². The molecule has 5 nitrogen and oxygen atoms in total. The smallest absolute Gasteiger partial charge is 0.244 e. The van der Waals surface area contributed by atoms with Gasteiger partial charge in [-0.3, -0.25) is 0 Å². The SMILES string of the molecule is CC1CN(C)CCCN1S(=O)(=O)c1ccsc1CN. The molecule has 0 aromatic carbocycles. The molecule has 2 rings (SSSR count). The summed E-state index contributed by atoms with van der Waals surface area (Å²) in [6.45, 7) is 4.51. The van der Waals surface area contributed by atoms with Crippen molar-refractivity contribution in [3.05, 3.63) is 16.3 Å². The Bertz CT molecular complexity index is 527. The number of hydrogen-bond acceptors (Lipinski definition) is 5. The molecule has 19 heavy (non-hydrogen) atoms. The van der Waals surface area contributed by atoms with Gasteiger partial charge in [-0.2, -0.15) is 4.31 Å². The van der Waals surface area contributed by atoms with Crippen LogP contribution < -0.4 is 5.73 Å². The van der Waals surface area contributed by atoms with Crippen LogP contribution in [0, 0.1) is 0 Å². The fourth-order valence-corrected chi connectivity index (χ4v) is 5.51. The minimum Gasteiger partial charge on any atom is -0.326 e. The second-order valence-corrected chi connectivity index (χ2v) is 7.85. The van der Waals surface area contributed by atoms with Crippen LogP contribution in [0.1, 0.15) is 18.2 Å². The Morgan fingerprint density at radius 1 is 1.47 bits per heavy atom. The molecule has 7 heteroatoms. The van der Waals surface area contributed by atoms with Crippen LogP contribution in [0.4, 0.5) is 0 Å². The Kier molecular flexibility index (Phi) is 4.62.